The van der Waals surface area contributed by atoms with Crippen molar-refractivity contribution in [3.8, 4) is 0 Å². The van der Waals surface area contributed by atoms with Crippen LogP contribution in [-0.2, 0) is 16.6 Å². The lowest BCUT2D eigenvalue weighted by molar-refractivity contribution is 0.543. The van der Waals surface area contributed by atoms with Gasteiger partial charge in [-0.05, 0) is 27.2 Å². The summed E-state index contributed by atoms with van der Waals surface area (Å²) in [5.74, 6) is 0. The lowest BCUT2D eigenvalue weighted by Crippen LogP contribution is -2.32. The number of hydrogen-bond donors (Lipinski definition) is 1. The number of sulfonamides is 1. The SMILES string of the molecule is CCCC(C)NS(=O)(=O)c1cn(CC)nc1C. The van der Waals surface area contributed by atoms with Crippen LogP contribution >= 0.6 is 0 Å². The Bertz CT molecular complexity index is 465. The fraction of sp³-hybridized carbons (Fsp3) is 0.727. The highest BCUT2D eigenvalue weighted by Crippen LogP contribution is 2.14. The summed E-state index contributed by atoms with van der Waals surface area (Å²) in [5.41, 5.74) is 0.544. The Hall–Kier alpha value is -0.880. The van der Waals surface area contributed by atoms with E-state index in [1.54, 1.807) is 17.8 Å². The largest absolute Gasteiger partial charge is 0.271 e. The number of hydrogen-bond acceptors (Lipinski definition) is 3. The summed E-state index contributed by atoms with van der Waals surface area (Å²) < 4.78 is 28.5. The molecule has 1 unspecified atom stereocenters. The van der Waals surface area contributed by atoms with Gasteiger partial charge in [-0.25, -0.2) is 13.1 Å². The molecule has 0 radical (unpaired) electrons. The second kappa shape index (κ2) is 5.64. The maximum Gasteiger partial charge on any atom is 0.244 e. The molecule has 98 valence electrons. The predicted molar refractivity (Wildman–Crippen MR) is 67.3 cm³/mol. The maximum atomic E-state index is 12.1. The van der Waals surface area contributed by atoms with E-state index in [1.807, 2.05) is 20.8 Å². The molecule has 1 N–H and O–H groups in total. The van der Waals surface area contributed by atoms with Crippen LogP contribution in [0.2, 0.25) is 0 Å². The fourth-order valence-electron chi connectivity index (χ4n) is 1.75. The molecule has 17 heavy (non-hydrogen) atoms. The molecular weight excluding hydrogens is 238 g/mol. The maximum absolute atomic E-state index is 12.1. The molecule has 0 aliphatic carbocycles. The zero-order valence-electron chi connectivity index (χ0n) is 10.9. The minimum atomic E-state index is -3.43. The first-order chi connectivity index (χ1) is 7.90. The number of aryl methyl sites for hydroxylation is 2. The molecular formula is C11H21N3O2S. The first kappa shape index (κ1) is 14.2. The van der Waals surface area contributed by atoms with Gasteiger partial charge in [0.05, 0.1) is 5.69 Å². The minimum Gasteiger partial charge on any atom is -0.271 e. The van der Waals surface area contributed by atoms with Gasteiger partial charge >= 0.3 is 0 Å². The average molecular weight is 259 g/mol. The highest BCUT2D eigenvalue weighted by atomic mass is 32.2. The van der Waals surface area contributed by atoms with E-state index >= 15 is 0 Å². The first-order valence-electron chi connectivity index (χ1n) is 5.97. The zero-order chi connectivity index (χ0) is 13.1. The quantitative estimate of drug-likeness (QED) is 0.845. The van der Waals surface area contributed by atoms with Gasteiger partial charge in [0.2, 0.25) is 10.0 Å². The van der Waals surface area contributed by atoms with E-state index < -0.39 is 10.0 Å². The Morgan fingerprint density at radius 2 is 2.12 bits per heavy atom. The van der Waals surface area contributed by atoms with Crippen LogP contribution in [0.5, 0.6) is 0 Å². The van der Waals surface area contributed by atoms with Gasteiger partial charge in [0, 0.05) is 18.8 Å². The van der Waals surface area contributed by atoms with Crippen LogP contribution in [0.1, 0.15) is 39.3 Å². The van der Waals surface area contributed by atoms with Crippen LogP contribution in [0.3, 0.4) is 0 Å². The Kier molecular flexibility index (Phi) is 4.70. The van der Waals surface area contributed by atoms with Crippen molar-refractivity contribution in [3.05, 3.63) is 11.9 Å². The molecule has 0 amide bonds. The van der Waals surface area contributed by atoms with E-state index in [1.165, 1.54) is 0 Å². The summed E-state index contributed by atoms with van der Waals surface area (Å²) in [6, 6.07) is -0.0469. The third-order valence-electron chi connectivity index (χ3n) is 2.59. The van der Waals surface area contributed by atoms with Gasteiger partial charge in [-0.2, -0.15) is 5.10 Å². The van der Waals surface area contributed by atoms with Gasteiger partial charge in [-0.1, -0.05) is 13.3 Å². The average Bonchev–Trinajstić information content (AvgIpc) is 2.60. The van der Waals surface area contributed by atoms with Crippen LogP contribution in [0.15, 0.2) is 11.1 Å². The van der Waals surface area contributed by atoms with E-state index in [0.717, 1.165) is 12.8 Å². The van der Waals surface area contributed by atoms with E-state index in [9.17, 15) is 8.42 Å². The molecule has 1 heterocycles. The molecule has 1 aromatic rings. The first-order valence-corrected chi connectivity index (χ1v) is 7.45. The highest BCUT2D eigenvalue weighted by molar-refractivity contribution is 7.89. The third-order valence-corrected chi connectivity index (χ3v) is 4.29. The monoisotopic (exact) mass is 259 g/mol. The topological polar surface area (TPSA) is 64.0 Å². The summed E-state index contributed by atoms with van der Waals surface area (Å²) in [7, 11) is -3.43. The molecule has 0 saturated heterocycles. The molecule has 0 saturated carbocycles. The molecule has 1 atom stereocenters. The van der Waals surface area contributed by atoms with E-state index in [-0.39, 0.29) is 10.9 Å². The van der Waals surface area contributed by atoms with E-state index in [2.05, 4.69) is 9.82 Å². The van der Waals surface area contributed by atoms with Crippen molar-refractivity contribution in [3.63, 3.8) is 0 Å². The third kappa shape index (κ3) is 3.54. The summed E-state index contributed by atoms with van der Waals surface area (Å²) in [5, 5.41) is 4.15. The van der Waals surface area contributed by atoms with E-state index in [0.29, 0.717) is 12.2 Å². The molecule has 0 spiro atoms. The van der Waals surface area contributed by atoms with Crippen molar-refractivity contribution in [2.24, 2.45) is 0 Å². The predicted octanol–water partition coefficient (Wildman–Crippen LogP) is 1.68. The number of rotatable bonds is 6. The van der Waals surface area contributed by atoms with Crippen molar-refractivity contribution < 1.29 is 8.42 Å². The van der Waals surface area contributed by atoms with Gasteiger partial charge in [0.15, 0.2) is 0 Å². The number of nitrogens with zero attached hydrogens (tertiary/aromatic N) is 2. The van der Waals surface area contributed by atoms with E-state index in [4.69, 9.17) is 0 Å². The summed E-state index contributed by atoms with van der Waals surface area (Å²) in [6.45, 7) is 8.22. The molecule has 6 heteroatoms. The second-order valence-corrected chi connectivity index (χ2v) is 5.93. The Morgan fingerprint density at radius 3 is 2.59 bits per heavy atom. The Morgan fingerprint density at radius 1 is 1.47 bits per heavy atom. The van der Waals surface area contributed by atoms with Gasteiger partial charge in [-0.15, -0.1) is 0 Å². The molecule has 0 aliphatic heterocycles. The fourth-order valence-corrected chi connectivity index (χ4v) is 3.21. The molecule has 0 aliphatic rings. The molecule has 0 aromatic carbocycles. The van der Waals surface area contributed by atoms with Crippen LogP contribution in [0.4, 0.5) is 0 Å². The van der Waals surface area contributed by atoms with Gasteiger partial charge in [-0.3, -0.25) is 4.68 Å². The van der Waals surface area contributed by atoms with Crippen molar-refractivity contribution in [1.82, 2.24) is 14.5 Å². The number of aromatic nitrogens is 2. The zero-order valence-corrected chi connectivity index (χ0v) is 11.7. The van der Waals surface area contributed by atoms with Gasteiger partial charge in [0.25, 0.3) is 0 Å². The van der Waals surface area contributed by atoms with Crippen molar-refractivity contribution in [2.75, 3.05) is 0 Å². The summed E-state index contributed by atoms with van der Waals surface area (Å²) >= 11 is 0. The van der Waals surface area contributed by atoms with Gasteiger partial charge < -0.3 is 0 Å². The summed E-state index contributed by atoms with van der Waals surface area (Å²) in [4.78, 5) is 0.280. The van der Waals surface area contributed by atoms with Crippen LogP contribution in [0.25, 0.3) is 0 Å². The Labute approximate surface area is 103 Å². The summed E-state index contributed by atoms with van der Waals surface area (Å²) in [6.07, 6.45) is 3.37. The van der Waals surface area contributed by atoms with Crippen LogP contribution in [0, 0.1) is 6.92 Å². The standard InChI is InChI=1S/C11H21N3O2S/c1-5-7-9(3)13-17(15,16)11-8-14(6-2)12-10(11)4/h8-9,13H,5-7H2,1-4H3. The molecule has 1 rings (SSSR count). The smallest absolute Gasteiger partial charge is 0.244 e. The molecule has 0 fully saturated rings. The Balaban J connectivity index is 2.92. The van der Waals surface area contributed by atoms with Crippen LogP contribution < -0.4 is 4.72 Å². The molecule has 5 nitrogen and oxygen atoms in total. The van der Waals surface area contributed by atoms with Crippen LogP contribution in [-0.4, -0.2) is 24.2 Å². The highest BCUT2D eigenvalue weighted by Gasteiger charge is 2.21. The molecule has 1 aromatic heterocycles. The molecule has 0 bridgehead atoms. The number of nitrogens with one attached hydrogen (secondary N) is 1. The lowest BCUT2D eigenvalue weighted by Gasteiger charge is -2.12. The normalized spacial score (nSPS) is 13.9. The van der Waals surface area contributed by atoms with Crippen molar-refractivity contribution in [1.29, 1.82) is 0 Å². The second-order valence-electron chi connectivity index (χ2n) is 4.25. The lowest BCUT2D eigenvalue weighted by atomic mass is 10.2. The van der Waals surface area contributed by atoms with Crippen molar-refractivity contribution >= 4 is 10.0 Å². The minimum absolute atomic E-state index is 0.0469. The van der Waals surface area contributed by atoms with Crippen molar-refractivity contribution in [2.45, 2.75) is 58.0 Å². The van der Waals surface area contributed by atoms with Gasteiger partial charge in [0.1, 0.15) is 4.90 Å².